The molecule has 9 N–H and O–H groups in total. The molecule has 0 aliphatic carbocycles. The van der Waals surface area contributed by atoms with E-state index in [1.165, 1.54) is 0 Å². The van der Waals surface area contributed by atoms with Crippen LogP contribution in [-0.2, 0) is 33.6 Å². The van der Waals surface area contributed by atoms with Crippen LogP contribution in [0.3, 0.4) is 0 Å². The van der Waals surface area contributed by atoms with Crippen molar-refractivity contribution in [2.75, 3.05) is 32.7 Å². The first-order valence-corrected chi connectivity index (χ1v) is 11.7. The smallest absolute Gasteiger partial charge is 0.243 e. The largest absolute Gasteiger partial charge is 0.370 e. The fourth-order valence-corrected chi connectivity index (χ4v) is 3.15. The van der Waals surface area contributed by atoms with Gasteiger partial charge in [-0.2, -0.15) is 0 Å². The van der Waals surface area contributed by atoms with Gasteiger partial charge in [0.25, 0.3) is 0 Å². The van der Waals surface area contributed by atoms with Crippen LogP contribution in [0.1, 0.15) is 39.5 Å². The highest BCUT2D eigenvalue weighted by Crippen LogP contribution is 2.04. The lowest BCUT2D eigenvalue weighted by Gasteiger charge is -2.18. The Hall–Kier alpha value is -3.75. The van der Waals surface area contributed by atoms with Crippen molar-refractivity contribution in [1.29, 1.82) is 0 Å². The number of primary amides is 1. The topological polar surface area (TPSA) is 230 Å². The van der Waals surface area contributed by atoms with Gasteiger partial charge in [-0.3, -0.25) is 33.6 Å². The summed E-state index contributed by atoms with van der Waals surface area (Å²) in [7, 11) is 0. The Balaban J connectivity index is 2.43. The van der Waals surface area contributed by atoms with Gasteiger partial charge in [-0.25, -0.2) is 0 Å². The molecule has 0 bridgehead atoms. The molecular weight excluding hydrogens is 476 g/mol. The summed E-state index contributed by atoms with van der Waals surface area (Å²) < 4.78 is 0. The summed E-state index contributed by atoms with van der Waals surface area (Å²) in [4.78, 5) is 83.0. The SMILES string of the molecule is CC(C)NC(=O)CNC(=O)CNC(=O)CNC(=O)[C@H](CCC(N)=O)NC(=O)CNC(=O)C1CCCN1. The molecule has 0 aromatic carbocycles. The van der Waals surface area contributed by atoms with Gasteiger partial charge in [0.05, 0.1) is 32.2 Å². The Labute approximate surface area is 208 Å². The monoisotopic (exact) mass is 512 g/mol. The highest BCUT2D eigenvalue weighted by atomic mass is 16.2. The van der Waals surface area contributed by atoms with Gasteiger partial charge in [0, 0.05) is 12.5 Å². The quantitative estimate of drug-likeness (QED) is 0.106. The third-order valence-electron chi connectivity index (χ3n) is 4.90. The molecule has 1 rings (SSSR count). The zero-order valence-corrected chi connectivity index (χ0v) is 20.5. The lowest BCUT2D eigenvalue weighted by Crippen LogP contribution is -2.52. The molecule has 0 saturated carbocycles. The van der Waals surface area contributed by atoms with E-state index in [0.717, 1.165) is 6.42 Å². The summed E-state index contributed by atoms with van der Waals surface area (Å²) in [6, 6.07) is -1.63. The van der Waals surface area contributed by atoms with Crippen LogP contribution in [-0.4, -0.2) is 92.2 Å². The molecule has 1 fully saturated rings. The summed E-state index contributed by atoms with van der Waals surface area (Å²) in [5, 5.41) is 17.4. The number of carbonyl (C=O) groups excluding carboxylic acids is 7. The van der Waals surface area contributed by atoms with E-state index in [-0.39, 0.29) is 49.8 Å². The lowest BCUT2D eigenvalue weighted by molar-refractivity contribution is -0.131. The van der Waals surface area contributed by atoms with Crippen molar-refractivity contribution in [2.24, 2.45) is 5.73 Å². The molecule has 15 nitrogen and oxygen atoms in total. The molecule has 36 heavy (non-hydrogen) atoms. The summed E-state index contributed by atoms with van der Waals surface area (Å²) >= 11 is 0. The normalized spacial score (nSPS) is 15.4. The average molecular weight is 513 g/mol. The molecular formula is C21H36N8O7. The summed E-state index contributed by atoms with van der Waals surface area (Å²) in [6.45, 7) is 2.71. The number of nitrogens with two attached hydrogens (primary N) is 1. The number of hydrogen-bond donors (Lipinski definition) is 8. The highest BCUT2D eigenvalue weighted by Gasteiger charge is 2.24. The minimum atomic E-state index is -1.18. The van der Waals surface area contributed by atoms with Crippen LogP contribution in [0, 0.1) is 0 Å². The Morgan fingerprint density at radius 1 is 0.806 bits per heavy atom. The van der Waals surface area contributed by atoms with E-state index in [0.29, 0.717) is 13.0 Å². The second-order valence-electron chi connectivity index (χ2n) is 8.49. The van der Waals surface area contributed by atoms with Gasteiger partial charge in [-0.05, 0) is 39.7 Å². The van der Waals surface area contributed by atoms with Crippen LogP contribution in [0.5, 0.6) is 0 Å². The van der Waals surface area contributed by atoms with Gasteiger partial charge in [0.1, 0.15) is 6.04 Å². The summed E-state index contributed by atoms with van der Waals surface area (Å²) in [6.07, 6.45) is 1.20. The van der Waals surface area contributed by atoms with Crippen LogP contribution in [0.4, 0.5) is 0 Å². The molecule has 1 heterocycles. The van der Waals surface area contributed by atoms with Crippen molar-refractivity contribution in [3.8, 4) is 0 Å². The average Bonchev–Trinajstić information content (AvgIpc) is 3.35. The van der Waals surface area contributed by atoms with Crippen LogP contribution in [0.2, 0.25) is 0 Å². The van der Waals surface area contributed by atoms with Gasteiger partial charge < -0.3 is 43.0 Å². The van der Waals surface area contributed by atoms with E-state index >= 15 is 0 Å². The standard InChI is InChI=1S/C21H36N8O7/c1-12(2)28-18(33)10-25-16(31)8-24-17(32)9-26-21(36)14(5-6-15(22)30)29-19(34)11-27-20(35)13-4-3-7-23-13/h12-14,23H,3-11H2,1-2H3,(H2,22,30)(H,24,32)(H,25,31)(H,26,36)(H,27,35)(H,28,33)(H,29,34)/t13?,14-/m0/s1. The van der Waals surface area contributed by atoms with Crippen molar-refractivity contribution in [1.82, 2.24) is 37.2 Å². The number of nitrogens with one attached hydrogen (secondary N) is 7. The molecule has 2 atom stereocenters. The number of amides is 7. The Bertz CT molecular complexity index is 827. The zero-order valence-electron chi connectivity index (χ0n) is 20.5. The van der Waals surface area contributed by atoms with Gasteiger partial charge in [0.2, 0.25) is 41.4 Å². The second-order valence-corrected chi connectivity index (χ2v) is 8.49. The number of carbonyl (C=O) groups is 7. The number of rotatable bonds is 15. The van der Waals surface area contributed by atoms with Crippen molar-refractivity contribution >= 4 is 41.4 Å². The lowest BCUT2D eigenvalue weighted by atomic mass is 10.1. The van der Waals surface area contributed by atoms with Gasteiger partial charge in [-0.1, -0.05) is 0 Å². The molecule has 1 unspecified atom stereocenters. The second kappa shape index (κ2) is 16.0. The molecule has 7 amide bonds. The first-order valence-electron chi connectivity index (χ1n) is 11.7. The van der Waals surface area contributed by atoms with Crippen molar-refractivity contribution < 1.29 is 33.6 Å². The van der Waals surface area contributed by atoms with E-state index in [2.05, 4.69) is 37.2 Å². The van der Waals surface area contributed by atoms with Crippen molar-refractivity contribution in [3.63, 3.8) is 0 Å². The first-order chi connectivity index (χ1) is 17.0. The number of hydrogen-bond acceptors (Lipinski definition) is 8. The summed E-state index contributed by atoms with van der Waals surface area (Å²) in [5.74, 6) is -4.10. The minimum absolute atomic E-state index is 0.0812. The Morgan fingerprint density at radius 3 is 1.92 bits per heavy atom. The third kappa shape index (κ3) is 13.2. The highest BCUT2D eigenvalue weighted by molar-refractivity contribution is 5.93. The third-order valence-corrected chi connectivity index (χ3v) is 4.90. The molecule has 0 radical (unpaired) electrons. The van der Waals surface area contributed by atoms with Crippen LogP contribution in [0.15, 0.2) is 0 Å². The Kier molecular flexibility index (Phi) is 13.5. The van der Waals surface area contributed by atoms with Gasteiger partial charge in [-0.15, -0.1) is 0 Å². The van der Waals surface area contributed by atoms with Crippen LogP contribution < -0.4 is 43.0 Å². The van der Waals surface area contributed by atoms with Gasteiger partial charge in [0.15, 0.2) is 0 Å². The van der Waals surface area contributed by atoms with Gasteiger partial charge >= 0.3 is 0 Å². The maximum absolute atomic E-state index is 12.5. The van der Waals surface area contributed by atoms with Crippen molar-refractivity contribution in [3.05, 3.63) is 0 Å². The zero-order chi connectivity index (χ0) is 27.1. The molecule has 0 aromatic heterocycles. The fourth-order valence-electron chi connectivity index (χ4n) is 3.15. The molecule has 0 spiro atoms. The van der Waals surface area contributed by atoms with E-state index in [4.69, 9.17) is 5.73 Å². The molecule has 1 aliphatic heterocycles. The Morgan fingerprint density at radius 2 is 1.36 bits per heavy atom. The van der Waals surface area contributed by atoms with E-state index in [1.807, 2.05) is 0 Å². The minimum Gasteiger partial charge on any atom is -0.370 e. The molecule has 1 saturated heterocycles. The maximum atomic E-state index is 12.5. The van der Waals surface area contributed by atoms with Crippen LogP contribution >= 0.6 is 0 Å². The molecule has 1 aliphatic rings. The molecule has 15 heteroatoms. The first kappa shape index (κ1) is 30.3. The fraction of sp³-hybridized carbons (Fsp3) is 0.667. The van der Waals surface area contributed by atoms with E-state index in [1.54, 1.807) is 13.8 Å². The van der Waals surface area contributed by atoms with E-state index < -0.39 is 48.7 Å². The van der Waals surface area contributed by atoms with Crippen molar-refractivity contribution in [2.45, 2.75) is 57.7 Å². The molecule has 0 aromatic rings. The maximum Gasteiger partial charge on any atom is 0.243 e. The predicted molar refractivity (Wildman–Crippen MR) is 127 cm³/mol. The molecule has 202 valence electrons. The predicted octanol–water partition coefficient (Wildman–Crippen LogP) is -4.52. The van der Waals surface area contributed by atoms with Crippen LogP contribution in [0.25, 0.3) is 0 Å². The summed E-state index contributed by atoms with van der Waals surface area (Å²) in [5.41, 5.74) is 5.12. The van der Waals surface area contributed by atoms with E-state index in [9.17, 15) is 33.6 Å².